The topological polar surface area (TPSA) is 60.7 Å². The van der Waals surface area contributed by atoms with Crippen molar-refractivity contribution in [3.05, 3.63) is 36.0 Å². The third kappa shape index (κ3) is 8.23. The normalized spacial score (nSPS) is 18.7. The van der Waals surface area contributed by atoms with Crippen LogP contribution in [0.4, 0.5) is 0 Å². The van der Waals surface area contributed by atoms with Crippen LogP contribution in [-0.2, 0) is 0 Å². The van der Waals surface area contributed by atoms with Crippen LogP contribution in [0.15, 0.2) is 36.0 Å². The van der Waals surface area contributed by atoms with Crippen molar-refractivity contribution < 1.29 is 15.3 Å². The van der Waals surface area contributed by atoms with Gasteiger partial charge in [-0.3, -0.25) is 0 Å². The monoisotopic (exact) mass is 254 g/mol. The van der Waals surface area contributed by atoms with Crippen LogP contribution >= 0.6 is 0 Å². The highest BCUT2D eigenvalue weighted by atomic mass is 16.3. The Hall–Kier alpha value is -0.900. The lowest BCUT2D eigenvalue weighted by atomic mass is 9.96. The Balaban J connectivity index is 4.41. The molecule has 0 aromatic rings. The zero-order chi connectivity index (χ0) is 14.3. The molecule has 0 aliphatic rings. The van der Waals surface area contributed by atoms with Crippen molar-refractivity contribution in [3.8, 4) is 0 Å². The number of rotatable bonds is 7. The fraction of sp³-hybridized carbons (Fsp3) is 0.600. The molecule has 3 atom stereocenters. The summed E-state index contributed by atoms with van der Waals surface area (Å²) in [6, 6.07) is 0. The molecule has 0 aliphatic heterocycles. The third-order valence-electron chi connectivity index (χ3n) is 2.60. The number of aliphatic hydroxyl groups excluding tert-OH is 2. The molecule has 0 unspecified atom stereocenters. The van der Waals surface area contributed by atoms with Gasteiger partial charge in [0.2, 0.25) is 0 Å². The van der Waals surface area contributed by atoms with Crippen LogP contribution in [0.2, 0.25) is 0 Å². The van der Waals surface area contributed by atoms with Crippen molar-refractivity contribution in [2.24, 2.45) is 0 Å². The maximum Gasteiger partial charge on any atom is 0.0824 e. The van der Waals surface area contributed by atoms with Crippen LogP contribution in [-0.4, -0.2) is 33.1 Å². The van der Waals surface area contributed by atoms with E-state index < -0.39 is 17.8 Å². The highest BCUT2D eigenvalue weighted by Crippen LogP contribution is 2.16. The summed E-state index contributed by atoms with van der Waals surface area (Å²) in [4.78, 5) is 0. The van der Waals surface area contributed by atoms with Crippen molar-refractivity contribution in [1.82, 2.24) is 0 Å². The Kier molecular flexibility index (Phi) is 7.14. The van der Waals surface area contributed by atoms with Crippen LogP contribution < -0.4 is 0 Å². The molecule has 0 aliphatic carbocycles. The fourth-order valence-corrected chi connectivity index (χ4v) is 1.74. The molecule has 3 heteroatoms. The van der Waals surface area contributed by atoms with Gasteiger partial charge in [-0.15, -0.1) is 6.58 Å². The van der Waals surface area contributed by atoms with Crippen molar-refractivity contribution in [1.29, 1.82) is 0 Å². The van der Waals surface area contributed by atoms with Gasteiger partial charge in [0.05, 0.1) is 17.8 Å². The van der Waals surface area contributed by atoms with Crippen molar-refractivity contribution in [2.45, 2.75) is 58.3 Å². The Morgan fingerprint density at radius 2 is 1.72 bits per heavy atom. The van der Waals surface area contributed by atoms with Crippen LogP contribution in [0.1, 0.15) is 40.5 Å². The minimum absolute atomic E-state index is 0.201. The second-order valence-corrected chi connectivity index (χ2v) is 5.36. The first-order chi connectivity index (χ1) is 8.16. The summed E-state index contributed by atoms with van der Waals surface area (Å²) in [6.07, 6.45) is 4.28. The Morgan fingerprint density at radius 3 is 2.17 bits per heavy atom. The molecule has 0 aromatic carbocycles. The van der Waals surface area contributed by atoms with Gasteiger partial charge in [-0.1, -0.05) is 29.4 Å². The Labute approximate surface area is 110 Å². The van der Waals surface area contributed by atoms with E-state index in [1.165, 1.54) is 6.08 Å². The molecule has 0 spiro atoms. The van der Waals surface area contributed by atoms with E-state index in [0.717, 1.165) is 11.1 Å². The molecule has 0 saturated carbocycles. The van der Waals surface area contributed by atoms with Gasteiger partial charge in [-0.05, 0) is 34.1 Å². The quantitative estimate of drug-likeness (QED) is 0.611. The summed E-state index contributed by atoms with van der Waals surface area (Å²) in [7, 11) is 0. The minimum Gasteiger partial charge on any atom is -0.389 e. The lowest BCUT2D eigenvalue weighted by Crippen LogP contribution is -2.26. The molecule has 0 radical (unpaired) electrons. The summed E-state index contributed by atoms with van der Waals surface area (Å²) in [5, 5.41) is 29.3. The van der Waals surface area contributed by atoms with E-state index in [9.17, 15) is 15.3 Å². The van der Waals surface area contributed by atoms with Crippen LogP contribution in [0.25, 0.3) is 0 Å². The van der Waals surface area contributed by atoms with E-state index in [1.807, 2.05) is 20.8 Å². The minimum atomic E-state index is -1.07. The molecular weight excluding hydrogens is 228 g/mol. The molecule has 0 rings (SSSR count). The van der Waals surface area contributed by atoms with Gasteiger partial charge in [0, 0.05) is 6.42 Å². The SMILES string of the molecule is C=C[C@](C)(O)C[C@@H](O)/C=C(\C)C[C@@H](O)C=C(C)C. The highest BCUT2D eigenvalue weighted by Gasteiger charge is 2.19. The number of hydrogen-bond donors (Lipinski definition) is 3. The summed E-state index contributed by atoms with van der Waals surface area (Å²) in [5.41, 5.74) is 0.882. The smallest absolute Gasteiger partial charge is 0.0824 e. The molecule has 18 heavy (non-hydrogen) atoms. The molecule has 0 amide bonds. The van der Waals surface area contributed by atoms with E-state index >= 15 is 0 Å². The average molecular weight is 254 g/mol. The third-order valence-corrected chi connectivity index (χ3v) is 2.60. The molecule has 0 aromatic heterocycles. The van der Waals surface area contributed by atoms with Gasteiger partial charge in [-0.25, -0.2) is 0 Å². The molecule has 0 heterocycles. The Morgan fingerprint density at radius 1 is 1.17 bits per heavy atom. The first-order valence-corrected chi connectivity index (χ1v) is 6.20. The van der Waals surface area contributed by atoms with Crippen LogP contribution in [0, 0.1) is 0 Å². The van der Waals surface area contributed by atoms with Gasteiger partial charge in [0.1, 0.15) is 0 Å². The summed E-state index contributed by atoms with van der Waals surface area (Å²) in [6.45, 7) is 10.8. The van der Waals surface area contributed by atoms with Gasteiger partial charge < -0.3 is 15.3 Å². The van der Waals surface area contributed by atoms with E-state index in [0.29, 0.717) is 6.42 Å². The summed E-state index contributed by atoms with van der Waals surface area (Å²) >= 11 is 0. The standard InChI is InChI=1S/C15H26O3/c1-6-15(5,18)10-14(17)9-12(4)8-13(16)7-11(2)3/h6-7,9,13-14,16-18H,1,8,10H2,2-5H3/b12-9+/t13-,14-,15-/m0/s1. The van der Waals surface area contributed by atoms with E-state index in [2.05, 4.69) is 6.58 Å². The maximum absolute atomic E-state index is 9.80. The Bertz CT molecular complexity index is 323. The average Bonchev–Trinajstić information content (AvgIpc) is 2.14. The largest absolute Gasteiger partial charge is 0.389 e. The molecule has 0 fully saturated rings. The van der Waals surface area contributed by atoms with Crippen LogP contribution in [0.3, 0.4) is 0 Å². The number of aliphatic hydroxyl groups is 3. The van der Waals surface area contributed by atoms with Crippen molar-refractivity contribution >= 4 is 0 Å². The molecule has 0 saturated heterocycles. The number of hydrogen-bond acceptors (Lipinski definition) is 3. The predicted octanol–water partition coefficient (Wildman–Crippen LogP) is 2.34. The zero-order valence-electron chi connectivity index (χ0n) is 11.8. The second-order valence-electron chi connectivity index (χ2n) is 5.36. The first kappa shape index (κ1) is 17.1. The maximum atomic E-state index is 9.80. The molecule has 0 bridgehead atoms. The van der Waals surface area contributed by atoms with E-state index in [4.69, 9.17) is 0 Å². The first-order valence-electron chi connectivity index (χ1n) is 6.20. The van der Waals surface area contributed by atoms with Crippen molar-refractivity contribution in [3.63, 3.8) is 0 Å². The zero-order valence-corrected chi connectivity index (χ0v) is 11.8. The van der Waals surface area contributed by atoms with Gasteiger partial charge in [0.25, 0.3) is 0 Å². The van der Waals surface area contributed by atoms with Gasteiger partial charge >= 0.3 is 0 Å². The highest BCUT2D eigenvalue weighted by molar-refractivity contribution is 5.09. The summed E-state index contributed by atoms with van der Waals surface area (Å²) in [5.74, 6) is 0. The van der Waals surface area contributed by atoms with Crippen LogP contribution in [0.5, 0.6) is 0 Å². The molecule has 3 N–H and O–H groups in total. The van der Waals surface area contributed by atoms with Gasteiger partial charge in [0.15, 0.2) is 0 Å². The van der Waals surface area contributed by atoms with Crippen molar-refractivity contribution in [2.75, 3.05) is 0 Å². The fourth-order valence-electron chi connectivity index (χ4n) is 1.74. The lowest BCUT2D eigenvalue weighted by Gasteiger charge is -2.21. The molecule has 104 valence electrons. The molecular formula is C15H26O3. The van der Waals surface area contributed by atoms with E-state index in [-0.39, 0.29) is 6.42 Å². The lowest BCUT2D eigenvalue weighted by molar-refractivity contribution is 0.0573. The second kappa shape index (κ2) is 7.52. The molecule has 3 nitrogen and oxygen atoms in total. The van der Waals surface area contributed by atoms with Gasteiger partial charge in [-0.2, -0.15) is 0 Å². The predicted molar refractivity (Wildman–Crippen MR) is 75.3 cm³/mol. The number of allylic oxidation sites excluding steroid dienone is 1. The van der Waals surface area contributed by atoms with E-state index in [1.54, 1.807) is 19.1 Å². The summed E-state index contributed by atoms with van der Waals surface area (Å²) < 4.78 is 0.